The molecule has 5 heteroatoms. The fourth-order valence-electron chi connectivity index (χ4n) is 1.70. The van der Waals surface area contributed by atoms with Gasteiger partial charge in [0, 0.05) is 11.6 Å². The molecule has 1 aromatic carbocycles. The van der Waals surface area contributed by atoms with Gasteiger partial charge in [0.1, 0.15) is 0 Å². The van der Waals surface area contributed by atoms with E-state index in [1.165, 1.54) is 6.07 Å². The van der Waals surface area contributed by atoms with E-state index in [9.17, 15) is 8.78 Å². The number of hydrogen-bond donors (Lipinski definition) is 1. The third-order valence-electron chi connectivity index (χ3n) is 2.73. The van der Waals surface area contributed by atoms with E-state index in [0.29, 0.717) is 5.56 Å². The highest BCUT2D eigenvalue weighted by Gasteiger charge is 2.45. The standard InChI is InChI=1S/C12H15F2NO2/c1-11(2,3)10(15)7-5-4-6-8-9(7)17-12(13,14)16-8/h4-6,10H,15H2,1-3H3/t10-/m0/s1. The van der Waals surface area contributed by atoms with Crippen molar-refractivity contribution in [3.8, 4) is 11.5 Å². The number of benzene rings is 1. The molecule has 1 aromatic rings. The Morgan fingerprint density at radius 3 is 2.47 bits per heavy atom. The molecule has 1 aliphatic rings. The Hall–Kier alpha value is -1.36. The minimum absolute atomic E-state index is 0.0344. The molecule has 0 aliphatic carbocycles. The second-order valence-electron chi connectivity index (χ2n) is 5.19. The van der Waals surface area contributed by atoms with Crippen LogP contribution >= 0.6 is 0 Å². The van der Waals surface area contributed by atoms with Crippen molar-refractivity contribution >= 4 is 0 Å². The highest BCUT2D eigenvalue weighted by molar-refractivity contribution is 5.50. The number of nitrogens with two attached hydrogens (primary N) is 1. The molecule has 3 nitrogen and oxygen atoms in total. The van der Waals surface area contributed by atoms with Gasteiger partial charge in [-0.1, -0.05) is 32.9 Å². The smallest absolute Gasteiger partial charge is 0.395 e. The summed E-state index contributed by atoms with van der Waals surface area (Å²) in [6.07, 6.45) is -3.60. The Bertz CT molecular complexity index is 441. The molecule has 0 saturated carbocycles. The van der Waals surface area contributed by atoms with E-state index in [-0.39, 0.29) is 16.9 Å². The van der Waals surface area contributed by atoms with E-state index in [1.807, 2.05) is 20.8 Å². The quantitative estimate of drug-likeness (QED) is 0.824. The van der Waals surface area contributed by atoms with Crippen molar-refractivity contribution in [1.29, 1.82) is 0 Å². The lowest BCUT2D eigenvalue weighted by atomic mass is 9.82. The summed E-state index contributed by atoms with van der Waals surface area (Å²) in [6, 6.07) is 4.34. The van der Waals surface area contributed by atoms with Crippen LogP contribution in [0.4, 0.5) is 8.78 Å². The molecule has 0 bridgehead atoms. The van der Waals surface area contributed by atoms with Crippen LogP contribution in [0.15, 0.2) is 18.2 Å². The number of halogens is 2. The van der Waals surface area contributed by atoms with Crippen molar-refractivity contribution in [2.45, 2.75) is 33.1 Å². The van der Waals surface area contributed by atoms with Gasteiger partial charge in [-0.25, -0.2) is 0 Å². The molecule has 0 aromatic heterocycles. The van der Waals surface area contributed by atoms with Crippen molar-refractivity contribution in [2.75, 3.05) is 0 Å². The van der Waals surface area contributed by atoms with E-state index >= 15 is 0 Å². The SMILES string of the molecule is CC(C)(C)[C@@H](N)c1cccc2c1OC(F)(F)O2. The molecule has 2 rings (SSSR count). The molecule has 17 heavy (non-hydrogen) atoms. The maximum atomic E-state index is 13.0. The minimum atomic E-state index is -3.60. The summed E-state index contributed by atoms with van der Waals surface area (Å²) in [5.74, 6) is 0.0760. The summed E-state index contributed by atoms with van der Waals surface area (Å²) in [5.41, 5.74) is 6.33. The predicted molar refractivity (Wildman–Crippen MR) is 59.0 cm³/mol. The van der Waals surface area contributed by atoms with E-state index in [4.69, 9.17) is 5.73 Å². The summed E-state index contributed by atoms with van der Waals surface area (Å²) < 4.78 is 34.9. The van der Waals surface area contributed by atoms with Crippen molar-refractivity contribution in [3.63, 3.8) is 0 Å². The summed E-state index contributed by atoms with van der Waals surface area (Å²) >= 11 is 0. The first kappa shape index (κ1) is 12.1. The first-order valence-electron chi connectivity index (χ1n) is 5.35. The zero-order valence-electron chi connectivity index (χ0n) is 9.96. The molecule has 1 atom stereocenters. The van der Waals surface area contributed by atoms with Gasteiger partial charge in [-0.2, -0.15) is 0 Å². The third-order valence-corrected chi connectivity index (χ3v) is 2.73. The molecule has 0 unspecified atom stereocenters. The fourth-order valence-corrected chi connectivity index (χ4v) is 1.70. The topological polar surface area (TPSA) is 44.5 Å². The van der Waals surface area contributed by atoms with Crippen LogP contribution in [-0.4, -0.2) is 6.29 Å². The summed E-state index contributed by atoms with van der Waals surface area (Å²) in [6.45, 7) is 5.81. The van der Waals surface area contributed by atoms with Crippen LogP contribution in [0.1, 0.15) is 32.4 Å². The maximum absolute atomic E-state index is 13.0. The molecule has 0 amide bonds. The second kappa shape index (κ2) is 3.57. The van der Waals surface area contributed by atoms with E-state index in [1.54, 1.807) is 12.1 Å². The molecule has 1 heterocycles. The lowest BCUT2D eigenvalue weighted by Crippen LogP contribution is -2.28. The average Bonchev–Trinajstić information content (AvgIpc) is 2.48. The molecule has 94 valence electrons. The number of alkyl halides is 2. The van der Waals surface area contributed by atoms with Crippen LogP contribution in [0.3, 0.4) is 0 Å². The minimum Gasteiger partial charge on any atom is -0.395 e. The number of rotatable bonds is 1. The molecule has 0 spiro atoms. The first-order chi connectivity index (χ1) is 7.71. The Morgan fingerprint density at radius 2 is 1.88 bits per heavy atom. The van der Waals surface area contributed by atoms with E-state index < -0.39 is 12.3 Å². The Labute approximate surface area is 98.5 Å². The third kappa shape index (κ3) is 2.20. The Balaban J connectivity index is 2.43. The van der Waals surface area contributed by atoms with Gasteiger partial charge < -0.3 is 15.2 Å². The van der Waals surface area contributed by atoms with Crippen molar-refractivity contribution < 1.29 is 18.3 Å². The van der Waals surface area contributed by atoms with Crippen molar-refractivity contribution in [3.05, 3.63) is 23.8 Å². The first-order valence-corrected chi connectivity index (χ1v) is 5.35. The summed E-state index contributed by atoms with van der Waals surface area (Å²) in [5, 5.41) is 0. The summed E-state index contributed by atoms with van der Waals surface area (Å²) in [7, 11) is 0. The molecule has 0 saturated heterocycles. The molecule has 2 N–H and O–H groups in total. The zero-order chi connectivity index (χ0) is 12.8. The largest absolute Gasteiger partial charge is 0.586 e. The lowest BCUT2D eigenvalue weighted by Gasteiger charge is -2.27. The average molecular weight is 243 g/mol. The van der Waals surface area contributed by atoms with Crippen LogP contribution in [0, 0.1) is 5.41 Å². The molecular weight excluding hydrogens is 228 g/mol. The normalized spacial score (nSPS) is 19.2. The van der Waals surface area contributed by atoms with Crippen molar-refractivity contribution in [2.24, 2.45) is 11.1 Å². The van der Waals surface area contributed by atoms with Gasteiger partial charge in [0.05, 0.1) is 0 Å². The summed E-state index contributed by atoms with van der Waals surface area (Å²) in [4.78, 5) is 0. The van der Waals surface area contributed by atoms with E-state index in [2.05, 4.69) is 9.47 Å². The predicted octanol–water partition coefficient (Wildman–Crippen LogP) is 3.05. The molecule has 1 aliphatic heterocycles. The maximum Gasteiger partial charge on any atom is 0.586 e. The zero-order valence-corrected chi connectivity index (χ0v) is 9.96. The van der Waals surface area contributed by atoms with Crippen LogP contribution in [0.5, 0.6) is 11.5 Å². The number of hydrogen-bond acceptors (Lipinski definition) is 3. The lowest BCUT2D eigenvalue weighted by molar-refractivity contribution is -0.287. The van der Waals surface area contributed by atoms with Crippen LogP contribution in [0.2, 0.25) is 0 Å². The van der Waals surface area contributed by atoms with E-state index in [0.717, 1.165) is 0 Å². The van der Waals surface area contributed by atoms with Crippen molar-refractivity contribution in [1.82, 2.24) is 0 Å². The van der Waals surface area contributed by atoms with Gasteiger partial charge >= 0.3 is 6.29 Å². The monoisotopic (exact) mass is 243 g/mol. The van der Waals surface area contributed by atoms with Gasteiger partial charge in [0.25, 0.3) is 0 Å². The van der Waals surface area contributed by atoms with Crippen LogP contribution in [-0.2, 0) is 0 Å². The van der Waals surface area contributed by atoms with Gasteiger partial charge in [-0.3, -0.25) is 0 Å². The molecule has 0 fully saturated rings. The number of ether oxygens (including phenoxy) is 2. The Kier molecular flexibility index (Phi) is 2.54. The van der Waals surface area contributed by atoms with Gasteiger partial charge in [0.15, 0.2) is 11.5 Å². The second-order valence-corrected chi connectivity index (χ2v) is 5.19. The number of fused-ring (bicyclic) bond motifs is 1. The Morgan fingerprint density at radius 1 is 1.24 bits per heavy atom. The fraction of sp³-hybridized carbons (Fsp3) is 0.500. The highest BCUT2D eigenvalue weighted by Crippen LogP contribution is 2.47. The van der Waals surface area contributed by atoms with Gasteiger partial charge in [-0.05, 0) is 11.5 Å². The number of para-hydroxylation sites is 1. The molecular formula is C12H15F2NO2. The van der Waals surface area contributed by atoms with Gasteiger partial charge in [0.2, 0.25) is 0 Å². The van der Waals surface area contributed by atoms with Gasteiger partial charge in [-0.15, -0.1) is 8.78 Å². The molecule has 0 radical (unpaired) electrons. The van der Waals surface area contributed by atoms with Crippen LogP contribution in [0.25, 0.3) is 0 Å². The highest BCUT2D eigenvalue weighted by atomic mass is 19.3. The van der Waals surface area contributed by atoms with Crippen LogP contribution < -0.4 is 15.2 Å².